The van der Waals surface area contributed by atoms with E-state index in [9.17, 15) is 13.4 Å². The number of nitrogens with zero attached hydrogens (tertiary/aromatic N) is 3. The highest BCUT2D eigenvalue weighted by Crippen LogP contribution is 2.42. The molecular weight excluding hydrogens is 525 g/mol. The van der Waals surface area contributed by atoms with E-state index in [2.05, 4.69) is 19.9 Å². The summed E-state index contributed by atoms with van der Waals surface area (Å²) in [7, 11) is 0.443. The average Bonchev–Trinajstić information content (AvgIpc) is 3.51. The lowest BCUT2D eigenvalue weighted by molar-refractivity contribution is 0.474. The Balaban J connectivity index is 1.74. The van der Waals surface area contributed by atoms with Crippen molar-refractivity contribution < 1.29 is 13.3 Å². The largest absolute Gasteiger partial charge is 0.456 e. The molecule has 196 valence electrons. The molecule has 11 heteroatoms. The maximum atomic E-state index is 14.0. The molecule has 2 N–H and O–H groups in total. The molecule has 5 aromatic rings. The number of halogens is 1. The topological polar surface area (TPSA) is 102 Å². The molecule has 0 bridgehead atoms. The van der Waals surface area contributed by atoms with Gasteiger partial charge in [-0.3, -0.25) is 9.89 Å². The molecule has 38 heavy (non-hydrogen) atoms. The molecule has 0 aliphatic heterocycles. The van der Waals surface area contributed by atoms with Gasteiger partial charge in [0.2, 0.25) is 0 Å². The van der Waals surface area contributed by atoms with Crippen LogP contribution in [0.1, 0.15) is 23.9 Å². The second-order valence-corrected chi connectivity index (χ2v) is 11.5. The van der Waals surface area contributed by atoms with Gasteiger partial charge < -0.3 is 14.0 Å². The van der Waals surface area contributed by atoms with Gasteiger partial charge in [-0.1, -0.05) is 6.92 Å². The lowest BCUT2D eigenvalue weighted by Crippen LogP contribution is -2.15. The summed E-state index contributed by atoms with van der Waals surface area (Å²) >= 11 is 1.32. The summed E-state index contributed by atoms with van der Waals surface area (Å²) in [5.74, 6) is 2.36. The van der Waals surface area contributed by atoms with Crippen LogP contribution in [0, 0.1) is 26.6 Å². The Kier molecular flexibility index (Phi) is 6.89. The molecular formula is C27H26FN5O3S2. The zero-order chi connectivity index (χ0) is 27.1. The number of anilines is 1. The second kappa shape index (κ2) is 10.1. The van der Waals surface area contributed by atoms with Crippen molar-refractivity contribution in [3.63, 3.8) is 0 Å². The van der Waals surface area contributed by atoms with Crippen molar-refractivity contribution in [3.8, 4) is 33.3 Å². The van der Waals surface area contributed by atoms with Gasteiger partial charge in [-0.05, 0) is 68.3 Å². The van der Waals surface area contributed by atoms with E-state index in [1.54, 1.807) is 39.2 Å². The summed E-state index contributed by atoms with van der Waals surface area (Å²) in [4.78, 5) is 18.3. The van der Waals surface area contributed by atoms with Gasteiger partial charge >= 0.3 is 0 Å². The van der Waals surface area contributed by atoms with Crippen LogP contribution in [0.2, 0.25) is 0 Å². The molecule has 3 aromatic heterocycles. The SMILES string of the molecule is CCS(=O)Nc1ccc(Oc2c(C)cc(F)cc2C)c(-c2cn(C)c(=O)c3sc(-c4n[nH]c(C)n4)cc23)c1. The van der Waals surface area contributed by atoms with Crippen molar-refractivity contribution in [1.82, 2.24) is 19.7 Å². The first kappa shape index (κ1) is 25.8. The van der Waals surface area contributed by atoms with Crippen molar-refractivity contribution >= 4 is 38.1 Å². The van der Waals surface area contributed by atoms with Crippen LogP contribution in [0.25, 0.3) is 31.9 Å². The highest BCUT2D eigenvalue weighted by molar-refractivity contribution is 7.86. The van der Waals surface area contributed by atoms with Gasteiger partial charge in [-0.2, -0.15) is 5.10 Å². The third-order valence-corrected chi connectivity index (χ3v) is 8.18. The van der Waals surface area contributed by atoms with Gasteiger partial charge in [0.05, 0.1) is 4.88 Å². The average molecular weight is 552 g/mol. The molecule has 0 saturated carbocycles. The van der Waals surface area contributed by atoms with Crippen LogP contribution in [0.5, 0.6) is 11.5 Å². The first-order valence-corrected chi connectivity index (χ1v) is 14.0. The third-order valence-electron chi connectivity index (χ3n) is 6.08. The lowest BCUT2D eigenvalue weighted by atomic mass is 10.0. The van der Waals surface area contributed by atoms with Crippen molar-refractivity contribution in [2.45, 2.75) is 27.7 Å². The molecule has 8 nitrogen and oxygen atoms in total. The van der Waals surface area contributed by atoms with Gasteiger partial charge in [-0.15, -0.1) is 11.3 Å². The molecule has 0 saturated heterocycles. The van der Waals surface area contributed by atoms with Crippen LogP contribution in [0.15, 0.2) is 47.4 Å². The predicted molar refractivity (Wildman–Crippen MR) is 151 cm³/mol. The number of hydrogen-bond acceptors (Lipinski definition) is 6. The summed E-state index contributed by atoms with van der Waals surface area (Å²) in [5, 5.41) is 7.83. The van der Waals surface area contributed by atoms with E-state index in [1.165, 1.54) is 28.0 Å². The van der Waals surface area contributed by atoms with Crippen LogP contribution < -0.4 is 15.0 Å². The molecule has 0 radical (unpaired) electrons. The first-order chi connectivity index (χ1) is 18.1. The Morgan fingerprint density at radius 2 is 1.87 bits per heavy atom. The number of rotatable bonds is 7. The maximum absolute atomic E-state index is 14.0. The minimum absolute atomic E-state index is 0.138. The Hall–Kier alpha value is -3.83. The van der Waals surface area contributed by atoms with Crippen molar-refractivity contribution in [3.05, 3.63) is 75.7 Å². The maximum Gasteiger partial charge on any atom is 0.268 e. The zero-order valence-corrected chi connectivity index (χ0v) is 23.1. The van der Waals surface area contributed by atoms with E-state index >= 15 is 0 Å². The Morgan fingerprint density at radius 1 is 1.13 bits per heavy atom. The number of fused-ring (bicyclic) bond motifs is 1. The number of benzene rings is 2. The highest BCUT2D eigenvalue weighted by atomic mass is 32.2. The number of pyridine rings is 1. The normalized spacial score (nSPS) is 12.2. The molecule has 3 heterocycles. The lowest BCUT2D eigenvalue weighted by Gasteiger charge is -2.18. The molecule has 0 amide bonds. The standard InChI is InChI=1S/C27H26FN5O3S2/c1-6-38(35)32-18-7-8-22(36-24-14(2)9-17(28)10-15(24)3)19(11-18)21-13-33(5)27(34)25-20(21)12-23(37-25)26-29-16(4)30-31-26/h7-13,32H,6H2,1-5H3,(H,29,30,31). The zero-order valence-electron chi connectivity index (χ0n) is 21.5. The number of aromatic nitrogens is 4. The Bertz CT molecular complexity index is 1750. The minimum atomic E-state index is -1.26. The van der Waals surface area contributed by atoms with E-state index in [4.69, 9.17) is 4.74 Å². The van der Waals surface area contributed by atoms with Gasteiger partial charge in [0.1, 0.15) is 38.8 Å². The van der Waals surface area contributed by atoms with Crippen LogP contribution in [0.4, 0.5) is 10.1 Å². The predicted octanol–water partition coefficient (Wildman–Crippen LogP) is 6.00. The van der Waals surface area contributed by atoms with Crippen molar-refractivity contribution in [2.75, 3.05) is 10.5 Å². The van der Waals surface area contributed by atoms with Gasteiger partial charge in [0.25, 0.3) is 5.56 Å². The summed E-state index contributed by atoms with van der Waals surface area (Å²) in [6, 6.07) is 10.2. The molecule has 0 fully saturated rings. The molecule has 0 spiro atoms. The summed E-state index contributed by atoms with van der Waals surface area (Å²) in [6.07, 6.45) is 1.76. The summed E-state index contributed by atoms with van der Waals surface area (Å²) < 4.78 is 37.7. The molecule has 0 aliphatic rings. The highest BCUT2D eigenvalue weighted by Gasteiger charge is 2.20. The van der Waals surface area contributed by atoms with E-state index in [1.807, 2.05) is 26.0 Å². The Labute approximate surface area is 225 Å². The minimum Gasteiger partial charge on any atom is -0.456 e. The first-order valence-electron chi connectivity index (χ1n) is 11.9. The molecule has 1 atom stereocenters. The third kappa shape index (κ3) is 4.86. The molecule has 0 aliphatic carbocycles. The number of hydrogen-bond donors (Lipinski definition) is 2. The second-order valence-electron chi connectivity index (χ2n) is 8.97. The summed E-state index contributed by atoms with van der Waals surface area (Å²) in [6.45, 7) is 7.23. The number of thiophene rings is 1. The van der Waals surface area contributed by atoms with Crippen LogP contribution >= 0.6 is 11.3 Å². The van der Waals surface area contributed by atoms with Gasteiger partial charge in [0, 0.05) is 41.2 Å². The number of nitrogens with one attached hydrogen (secondary N) is 2. The number of aryl methyl sites for hydroxylation is 4. The number of ether oxygens (including phenoxy) is 1. The number of aromatic amines is 1. The molecule has 5 rings (SSSR count). The van der Waals surface area contributed by atoms with Crippen molar-refractivity contribution in [2.24, 2.45) is 7.05 Å². The van der Waals surface area contributed by atoms with Gasteiger partial charge in [0.15, 0.2) is 5.82 Å². The van der Waals surface area contributed by atoms with E-state index in [0.29, 0.717) is 56.0 Å². The van der Waals surface area contributed by atoms with E-state index in [-0.39, 0.29) is 11.4 Å². The summed E-state index contributed by atoms with van der Waals surface area (Å²) in [5.41, 5.74) is 3.25. The fourth-order valence-electron chi connectivity index (χ4n) is 4.27. The van der Waals surface area contributed by atoms with Crippen LogP contribution in [-0.4, -0.2) is 29.7 Å². The number of H-pyrrole nitrogens is 1. The van der Waals surface area contributed by atoms with Crippen molar-refractivity contribution in [1.29, 1.82) is 0 Å². The smallest absolute Gasteiger partial charge is 0.268 e. The quantitative estimate of drug-likeness (QED) is 0.258. The fourth-order valence-corrected chi connectivity index (χ4v) is 5.90. The van der Waals surface area contributed by atoms with E-state index < -0.39 is 11.0 Å². The fraction of sp³-hybridized carbons (Fsp3) is 0.222. The van der Waals surface area contributed by atoms with Crippen LogP contribution in [0.3, 0.4) is 0 Å². The molecule has 2 aromatic carbocycles. The van der Waals surface area contributed by atoms with E-state index in [0.717, 1.165) is 15.8 Å². The monoisotopic (exact) mass is 551 g/mol. The Morgan fingerprint density at radius 3 is 2.53 bits per heavy atom. The van der Waals surface area contributed by atoms with Gasteiger partial charge in [-0.25, -0.2) is 13.6 Å². The van der Waals surface area contributed by atoms with Crippen LogP contribution in [-0.2, 0) is 18.0 Å². The molecule has 1 unspecified atom stereocenters.